The second-order valence-corrected chi connectivity index (χ2v) is 20.1. The van der Waals surface area contributed by atoms with Crippen molar-refractivity contribution in [3.05, 3.63) is 36.5 Å². The van der Waals surface area contributed by atoms with Crippen LogP contribution >= 0.6 is 0 Å². The number of carbonyl (C=O) groups excluding carboxylic acids is 1. The highest BCUT2D eigenvalue weighted by Gasteiger charge is 2.18. The first-order valence-corrected chi connectivity index (χ1v) is 29.2. The van der Waals surface area contributed by atoms with Gasteiger partial charge >= 0.3 is 0 Å². The Labute approximate surface area is 402 Å². The van der Waals surface area contributed by atoms with Crippen LogP contribution in [-0.2, 0) is 4.79 Å². The Morgan fingerprint density at radius 2 is 0.641 bits per heavy atom. The van der Waals surface area contributed by atoms with Gasteiger partial charge in [-0.05, 0) is 51.4 Å². The molecule has 0 saturated heterocycles. The van der Waals surface area contributed by atoms with Crippen LogP contribution in [0.5, 0.6) is 0 Å². The maximum absolute atomic E-state index is 12.5. The van der Waals surface area contributed by atoms with Crippen molar-refractivity contribution in [2.45, 2.75) is 334 Å². The molecule has 0 rings (SSSR count). The summed E-state index contributed by atoms with van der Waals surface area (Å²) in [6.45, 7) is 4.33. The molecule has 0 bridgehead atoms. The highest BCUT2D eigenvalue weighted by molar-refractivity contribution is 5.76. The Kier molecular flexibility index (Phi) is 54.7. The smallest absolute Gasteiger partial charge is 0.220 e. The lowest BCUT2D eigenvalue weighted by Crippen LogP contribution is -2.45. The molecule has 0 fully saturated rings. The first-order valence-electron chi connectivity index (χ1n) is 29.2. The van der Waals surface area contributed by atoms with Crippen LogP contribution in [0, 0.1) is 0 Å². The van der Waals surface area contributed by atoms with E-state index in [1.54, 1.807) is 6.08 Å². The molecule has 0 aromatic carbocycles. The fraction of sp³-hybridized carbons (Fsp3) is 0.883. The van der Waals surface area contributed by atoms with E-state index in [1.807, 2.05) is 6.08 Å². The monoisotopic (exact) mass is 898 g/mol. The number of carbonyl (C=O) groups is 1. The normalized spacial score (nSPS) is 13.0. The molecule has 4 heteroatoms. The molecule has 0 aromatic rings. The van der Waals surface area contributed by atoms with Gasteiger partial charge in [-0.15, -0.1) is 0 Å². The molecule has 4 nitrogen and oxygen atoms in total. The van der Waals surface area contributed by atoms with Crippen molar-refractivity contribution < 1.29 is 15.0 Å². The first-order chi connectivity index (χ1) is 31.7. The van der Waals surface area contributed by atoms with Gasteiger partial charge in [0.25, 0.3) is 0 Å². The van der Waals surface area contributed by atoms with Crippen molar-refractivity contribution in [2.24, 2.45) is 0 Å². The average molecular weight is 899 g/mol. The molecule has 0 aliphatic carbocycles. The third-order valence-electron chi connectivity index (χ3n) is 13.6. The number of aliphatic hydroxyl groups is 2. The average Bonchev–Trinajstić information content (AvgIpc) is 3.30. The topological polar surface area (TPSA) is 69.6 Å². The molecule has 1 amide bonds. The zero-order chi connectivity index (χ0) is 46.3. The quantitative estimate of drug-likeness (QED) is 0.0421. The Morgan fingerprint density at radius 1 is 0.375 bits per heavy atom. The number of hydrogen-bond acceptors (Lipinski definition) is 3. The first kappa shape index (κ1) is 62.6. The third-order valence-corrected chi connectivity index (χ3v) is 13.6. The number of allylic oxidation sites excluding steroid dienone is 5. The molecular weight excluding hydrogens is 783 g/mol. The summed E-state index contributed by atoms with van der Waals surface area (Å²) in [6.07, 6.45) is 76.0. The van der Waals surface area contributed by atoms with Gasteiger partial charge in [-0.3, -0.25) is 4.79 Å². The maximum Gasteiger partial charge on any atom is 0.220 e. The van der Waals surface area contributed by atoms with E-state index in [0.717, 1.165) is 32.1 Å². The van der Waals surface area contributed by atoms with Crippen LogP contribution < -0.4 is 5.32 Å². The molecule has 0 aliphatic rings. The number of nitrogens with one attached hydrogen (secondary N) is 1. The zero-order valence-electron chi connectivity index (χ0n) is 43.6. The Bertz CT molecular complexity index is 974. The van der Waals surface area contributed by atoms with Gasteiger partial charge in [0.15, 0.2) is 0 Å². The molecule has 2 atom stereocenters. The largest absolute Gasteiger partial charge is 0.394 e. The number of unbranched alkanes of at least 4 members (excludes halogenated alkanes) is 43. The van der Waals surface area contributed by atoms with Crippen LogP contribution in [0.3, 0.4) is 0 Å². The number of aliphatic hydroxyl groups excluding tert-OH is 2. The molecular formula is C60H115NO3. The van der Waals surface area contributed by atoms with E-state index < -0.39 is 12.1 Å². The number of amides is 1. The Morgan fingerprint density at radius 3 is 0.938 bits per heavy atom. The second-order valence-electron chi connectivity index (χ2n) is 20.1. The van der Waals surface area contributed by atoms with Crippen molar-refractivity contribution >= 4 is 5.91 Å². The van der Waals surface area contributed by atoms with Gasteiger partial charge in [-0.2, -0.15) is 0 Å². The molecule has 0 saturated carbocycles. The summed E-state index contributed by atoms with van der Waals surface area (Å²) in [7, 11) is 0. The molecule has 0 aliphatic heterocycles. The van der Waals surface area contributed by atoms with Crippen LogP contribution in [0.25, 0.3) is 0 Å². The predicted molar refractivity (Wildman–Crippen MR) is 285 cm³/mol. The Balaban J connectivity index is 3.46. The van der Waals surface area contributed by atoms with E-state index in [2.05, 4.69) is 43.5 Å². The van der Waals surface area contributed by atoms with Gasteiger partial charge in [0, 0.05) is 6.42 Å². The minimum atomic E-state index is -0.839. The molecule has 3 N–H and O–H groups in total. The van der Waals surface area contributed by atoms with Gasteiger partial charge in [-0.1, -0.05) is 301 Å². The van der Waals surface area contributed by atoms with Crippen molar-refractivity contribution in [3.63, 3.8) is 0 Å². The van der Waals surface area contributed by atoms with E-state index in [1.165, 1.54) is 270 Å². The lowest BCUT2D eigenvalue weighted by atomic mass is 10.0. The molecule has 0 radical (unpaired) electrons. The Hall–Kier alpha value is -1.39. The van der Waals surface area contributed by atoms with Gasteiger partial charge in [0.2, 0.25) is 5.91 Å². The molecule has 64 heavy (non-hydrogen) atoms. The number of rotatable bonds is 54. The summed E-state index contributed by atoms with van der Waals surface area (Å²) in [5, 5.41) is 23.2. The highest BCUT2D eigenvalue weighted by Crippen LogP contribution is 2.17. The molecule has 2 unspecified atom stereocenters. The van der Waals surface area contributed by atoms with Crippen LogP contribution in [0.1, 0.15) is 322 Å². The minimum absolute atomic E-state index is 0.0586. The summed E-state index contributed by atoms with van der Waals surface area (Å²) in [5.41, 5.74) is 0. The van der Waals surface area contributed by atoms with E-state index in [4.69, 9.17) is 0 Å². The van der Waals surface area contributed by atoms with Crippen LogP contribution in [0.2, 0.25) is 0 Å². The van der Waals surface area contributed by atoms with Crippen LogP contribution in [0.4, 0.5) is 0 Å². The predicted octanol–water partition coefficient (Wildman–Crippen LogP) is 19.3. The number of hydrogen-bond donors (Lipinski definition) is 3. The summed E-state index contributed by atoms with van der Waals surface area (Å²) in [6, 6.07) is -0.622. The lowest BCUT2D eigenvalue weighted by Gasteiger charge is -2.20. The van der Waals surface area contributed by atoms with Crippen molar-refractivity contribution in [1.29, 1.82) is 0 Å². The lowest BCUT2D eigenvalue weighted by molar-refractivity contribution is -0.123. The third kappa shape index (κ3) is 51.6. The van der Waals surface area contributed by atoms with E-state index in [-0.39, 0.29) is 12.5 Å². The fourth-order valence-electron chi connectivity index (χ4n) is 9.15. The zero-order valence-corrected chi connectivity index (χ0v) is 43.6. The summed E-state index contributed by atoms with van der Waals surface area (Å²) in [4.78, 5) is 12.5. The minimum Gasteiger partial charge on any atom is -0.394 e. The van der Waals surface area contributed by atoms with Crippen molar-refractivity contribution in [1.82, 2.24) is 5.32 Å². The highest BCUT2D eigenvalue weighted by atomic mass is 16.3. The molecule has 0 heterocycles. The van der Waals surface area contributed by atoms with Crippen LogP contribution in [0.15, 0.2) is 36.5 Å². The van der Waals surface area contributed by atoms with Crippen molar-refractivity contribution in [3.8, 4) is 0 Å². The molecule has 378 valence electrons. The summed E-state index contributed by atoms with van der Waals surface area (Å²) in [5.74, 6) is -0.0586. The molecule has 0 aromatic heterocycles. The summed E-state index contributed by atoms with van der Waals surface area (Å²) >= 11 is 0. The van der Waals surface area contributed by atoms with Gasteiger partial charge < -0.3 is 15.5 Å². The summed E-state index contributed by atoms with van der Waals surface area (Å²) < 4.78 is 0. The van der Waals surface area contributed by atoms with E-state index >= 15 is 0 Å². The van der Waals surface area contributed by atoms with Gasteiger partial charge in [-0.25, -0.2) is 0 Å². The van der Waals surface area contributed by atoms with Crippen molar-refractivity contribution in [2.75, 3.05) is 6.61 Å². The van der Waals surface area contributed by atoms with Gasteiger partial charge in [0.1, 0.15) is 0 Å². The van der Waals surface area contributed by atoms with Gasteiger partial charge in [0.05, 0.1) is 18.8 Å². The maximum atomic E-state index is 12.5. The van der Waals surface area contributed by atoms with Crippen LogP contribution in [-0.4, -0.2) is 34.9 Å². The van der Waals surface area contributed by atoms with E-state index in [9.17, 15) is 15.0 Å². The second kappa shape index (κ2) is 55.9. The SMILES string of the molecule is CCCCCCC/C=C\C/C=C\CCCCCCCCCCCCCCCCCCCC(=O)NC(CO)C(O)/C=C/CCCCCCCCCCCCCCCCCCCCCCC. The fourth-order valence-corrected chi connectivity index (χ4v) is 9.15. The van der Waals surface area contributed by atoms with E-state index in [0.29, 0.717) is 6.42 Å². The standard InChI is InChI=1S/C60H115NO3/c1-3-5-7-9-11-13-15-17-19-21-23-25-27-28-29-30-31-32-34-36-38-40-42-44-46-48-50-52-54-56-60(64)61-58(57-62)59(63)55-53-51-49-47-45-43-41-39-37-35-33-26-24-22-20-18-16-14-12-10-8-6-4-2/h15,17,21,23,53,55,58-59,62-63H,3-14,16,18-20,22,24-52,54,56-57H2,1-2H3,(H,61,64)/b17-15-,23-21-,55-53+. The molecule has 0 spiro atoms.